The zero-order chi connectivity index (χ0) is 13.1. The summed E-state index contributed by atoms with van der Waals surface area (Å²) < 4.78 is 0. The molecule has 0 fully saturated rings. The summed E-state index contributed by atoms with van der Waals surface area (Å²) >= 11 is 0. The fraction of sp³-hybridized carbons (Fsp3) is 0.500. The summed E-state index contributed by atoms with van der Waals surface area (Å²) in [6.45, 7) is 3.91. The van der Waals surface area contributed by atoms with Crippen LogP contribution in [0.1, 0.15) is 54.6 Å². The summed E-state index contributed by atoms with van der Waals surface area (Å²) in [6.07, 6.45) is 4.89. The van der Waals surface area contributed by atoms with E-state index in [-0.39, 0.29) is 17.5 Å². The Kier molecular flexibility index (Phi) is 3.95. The minimum absolute atomic E-state index is 0.235. The normalized spacial score (nSPS) is 14.4. The number of carbonyl (C=O) groups excluding carboxylic acids is 2. The lowest BCUT2D eigenvalue weighted by atomic mass is 9.89. The quantitative estimate of drug-likeness (QED) is 0.601. The van der Waals surface area contributed by atoms with Gasteiger partial charge in [0.05, 0.1) is 0 Å². The second-order valence-electron chi connectivity index (χ2n) is 5.54. The molecule has 1 aliphatic rings. The highest BCUT2D eigenvalue weighted by Crippen LogP contribution is 2.22. The number of fused-ring (bicyclic) bond motifs is 1. The van der Waals surface area contributed by atoms with Crippen LogP contribution in [0.25, 0.3) is 0 Å². The molecule has 0 aromatic heterocycles. The van der Waals surface area contributed by atoms with Crippen LogP contribution in [-0.2, 0) is 17.6 Å². The largest absolute Gasteiger partial charge is 0.290 e. The molecule has 0 spiro atoms. The van der Waals surface area contributed by atoms with E-state index in [9.17, 15) is 9.59 Å². The van der Waals surface area contributed by atoms with Crippen molar-refractivity contribution in [3.05, 3.63) is 34.9 Å². The van der Waals surface area contributed by atoms with Crippen molar-refractivity contribution >= 4 is 11.6 Å². The van der Waals surface area contributed by atoms with E-state index in [1.54, 1.807) is 0 Å². The van der Waals surface area contributed by atoms with Crippen LogP contribution >= 0.6 is 0 Å². The summed E-state index contributed by atoms with van der Waals surface area (Å²) in [4.78, 5) is 23.8. The predicted molar refractivity (Wildman–Crippen MR) is 71.9 cm³/mol. The fourth-order valence-corrected chi connectivity index (χ4v) is 2.50. The Morgan fingerprint density at radius 1 is 1.11 bits per heavy atom. The maximum atomic E-state index is 12.0. The molecule has 96 valence electrons. The van der Waals surface area contributed by atoms with Crippen molar-refractivity contribution in [2.24, 2.45) is 5.92 Å². The second-order valence-corrected chi connectivity index (χ2v) is 5.54. The first kappa shape index (κ1) is 13.0. The molecule has 18 heavy (non-hydrogen) atoms. The number of Topliss-reactive ketones (excluding diaryl/α,β-unsaturated/α-hetero) is 2. The van der Waals surface area contributed by atoms with Gasteiger partial charge in [0.1, 0.15) is 0 Å². The highest BCUT2D eigenvalue weighted by Gasteiger charge is 2.19. The summed E-state index contributed by atoms with van der Waals surface area (Å²) in [5.41, 5.74) is 3.17. The molecule has 0 saturated heterocycles. The number of aryl methyl sites for hydroxylation is 2. The molecular formula is C16H20O2. The maximum absolute atomic E-state index is 12.0. The summed E-state index contributed by atoms with van der Waals surface area (Å²) in [5, 5.41) is 0. The Balaban J connectivity index is 2.18. The van der Waals surface area contributed by atoms with Gasteiger partial charge in [0.2, 0.25) is 11.6 Å². The van der Waals surface area contributed by atoms with Crippen molar-refractivity contribution in [1.29, 1.82) is 0 Å². The summed E-state index contributed by atoms with van der Waals surface area (Å²) in [5.74, 6) is -0.350. The molecule has 0 heterocycles. The van der Waals surface area contributed by atoms with Crippen molar-refractivity contribution < 1.29 is 9.59 Å². The molecule has 2 rings (SSSR count). The maximum Gasteiger partial charge on any atom is 0.228 e. The van der Waals surface area contributed by atoms with Gasteiger partial charge in [-0.15, -0.1) is 0 Å². The number of hydrogen-bond acceptors (Lipinski definition) is 2. The molecule has 0 radical (unpaired) electrons. The fourth-order valence-electron chi connectivity index (χ4n) is 2.50. The minimum atomic E-state index is -0.322. The molecule has 0 unspecified atom stereocenters. The van der Waals surface area contributed by atoms with Gasteiger partial charge in [0.25, 0.3) is 0 Å². The third-order valence-electron chi connectivity index (χ3n) is 3.46. The first-order chi connectivity index (χ1) is 8.58. The smallest absolute Gasteiger partial charge is 0.228 e. The Labute approximate surface area is 108 Å². The van der Waals surface area contributed by atoms with Crippen LogP contribution in [0.3, 0.4) is 0 Å². The molecule has 0 atom stereocenters. The van der Waals surface area contributed by atoms with Crippen molar-refractivity contribution in [2.75, 3.05) is 0 Å². The molecular weight excluding hydrogens is 224 g/mol. The molecule has 2 nitrogen and oxygen atoms in total. The van der Waals surface area contributed by atoms with E-state index in [1.165, 1.54) is 24.0 Å². The Morgan fingerprint density at radius 2 is 1.78 bits per heavy atom. The third kappa shape index (κ3) is 2.87. The average molecular weight is 244 g/mol. The molecule has 2 heteroatoms. The first-order valence-electron chi connectivity index (χ1n) is 6.77. The van der Waals surface area contributed by atoms with E-state index in [1.807, 2.05) is 32.0 Å². The van der Waals surface area contributed by atoms with Crippen LogP contribution in [0.15, 0.2) is 18.2 Å². The zero-order valence-electron chi connectivity index (χ0n) is 11.2. The monoisotopic (exact) mass is 244 g/mol. The first-order valence-corrected chi connectivity index (χ1v) is 6.77. The van der Waals surface area contributed by atoms with Crippen molar-refractivity contribution in [2.45, 2.75) is 46.0 Å². The van der Waals surface area contributed by atoms with Gasteiger partial charge in [0.15, 0.2) is 0 Å². The van der Waals surface area contributed by atoms with Crippen LogP contribution in [0, 0.1) is 5.92 Å². The van der Waals surface area contributed by atoms with Gasteiger partial charge >= 0.3 is 0 Å². The Hall–Kier alpha value is -1.44. The average Bonchev–Trinajstić information content (AvgIpc) is 2.36. The lowest BCUT2D eigenvalue weighted by Gasteiger charge is -2.16. The van der Waals surface area contributed by atoms with E-state index in [0.29, 0.717) is 12.0 Å². The van der Waals surface area contributed by atoms with Gasteiger partial charge in [-0.05, 0) is 48.8 Å². The third-order valence-corrected chi connectivity index (χ3v) is 3.46. The van der Waals surface area contributed by atoms with E-state index in [4.69, 9.17) is 0 Å². The van der Waals surface area contributed by atoms with E-state index >= 15 is 0 Å². The van der Waals surface area contributed by atoms with Gasteiger partial charge in [-0.25, -0.2) is 0 Å². The number of carbonyl (C=O) groups is 2. The van der Waals surface area contributed by atoms with Gasteiger partial charge in [-0.3, -0.25) is 9.59 Å². The lowest BCUT2D eigenvalue weighted by molar-refractivity contribution is -0.115. The lowest BCUT2D eigenvalue weighted by Crippen LogP contribution is -2.17. The Bertz CT molecular complexity index is 472. The van der Waals surface area contributed by atoms with Crippen LogP contribution in [0.2, 0.25) is 0 Å². The van der Waals surface area contributed by atoms with Gasteiger partial charge in [-0.1, -0.05) is 26.0 Å². The molecule has 0 N–H and O–H groups in total. The number of rotatable bonds is 4. The standard InChI is InChI=1S/C16H20O2/c1-11(2)9-15(17)16(18)14-8-7-12-5-3-4-6-13(12)10-14/h7-8,10-11H,3-6,9H2,1-2H3. The molecule has 1 aromatic carbocycles. The molecule has 0 saturated carbocycles. The van der Waals surface area contributed by atoms with E-state index in [0.717, 1.165) is 12.8 Å². The number of benzene rings is 1. The van der Waals surface area contributed by atoms with Crippen molar-refractivity contribution in [1.82, 2.24) is 0 Å². The topological polar surface area (TPSA) is 34.1 Å². The van der Waals surface area contributed by atoms with Crippen LogP contribution in [-0.4, -0.2) is 11.6 Å². The Morgan fingerprint density at radius 3 is 2.44 bits per heavy atom. The highest BCUT2D eigenvalue weighted by molar-refractivity contribution is 6.43. The van der Waals surface area contributed by atoms with E-state index in [2.05, 4.69) is 0 Å². The summed E-state index contributed by atoms with van der Waals surface area (Å²) in [6, 6.07) is 5.75. The molecule has 0 bridgehead atoms. The summed E-state index contributed by atoms with van der Waals surface area (Å²) in [7, 11) is 0. The van der Waals surface area contributed by atoms with Gasteiger partial charge < -0.3 is 0 Å². The number of hydrogen-bond donors (Lipinski definition) is 0. The van der Waals surface area contributed by atoms with Crippen LogP contribution in [0.5, 0.6) is 0 Å². The van der Waals surface area contributed by atoms with Gasteiger partial charge in [-0.2, -0.15) is 0 Å². The molecule has 1 aromatic rings. The second kappa shape index (κ2) is 5.47. The zero-order valence-corrected chi connectivity index (χ0v) is 11.2. The SMILES string of the molecule is CC(C)CC(=O)C(=O)c1ccc2c(c1)CCCC2. The van der Waals surface area contributed by atoms with Crippen LogP contribution < -0.4 is 0 Å². The number of ketones is 2. The minimum Gasteiger partial charge on any atom is -0.290 e. The molecule has 0 amide bonds. The van der Waals surface area contributed by atoms with Crippen molar-refractivity contribution in [3.8, 4) is 0 Å². The van der Waals surface area contributed by atoms with Gasteiger partial charge in [0, 0.05) is 12.0 Å². The van der Waals surface area contributed by atoms with Crippen LogP contribution in [0.4, 0.5) is 0 Å². The van der Waals surface area contributed by atoms with E-state index < -0.39 is 0 Å². The van der Waals surface area contributed by atoms with Crippen molar-refractivity contribution in [3.63, 3.8) is 0 Å². The predicted octanol–water partition coefficient (Wildman–Crippen LogP) is 3.36. The molecule has 0 aliphatic heterocycles. The highest BCUT2D eigenvalue weighted by atomic mass is 16.2. The molecule has 1 aliphatic carbocycles.